The minimum atomic E-state index is 0.185. The SMILES string of the molecule is NC(Cc1ccc(Cl)cc1)C1CCc2ccccc21. The largest absolute Gasteiger partial charge is 0.327 e. The molecule has 1 aliphatic carbocycles. The molecule has 2 unspecified atom stereocenters. The highest BCUT2D eigenvalue weighted by Crippen LogP contribution is 2.35. The summed E-state index contributed by atoms with van der Waals surface area (Å²) in [5, 5.41) is 0.781. The van der Waals surface area contributed by atoms with Gasteiger partial charge in [-0.1, -0.05) is 48.0 Å². The van der Waals surface area contributed by atoms with Crippen molar-refractivity contribution in [1.82, 2.24) is 0 Å². The fourth-order valence-electron chi connectivity index (χ4n) is 3.07. The van der Waals surface area contributed by atoms with E-state index >= 15 is 0 Å². The Labute approximate surface area is 119 Å². The lowest BCUT2D eigenvalue weighted by molar-refractivity contribution is 0.525. The minimum absolute atomic E-state index is 0.185. The molecule has 0 aromatic heterocycles. The van der Waals surface area contributed by atoms with Gasteiger partial charge in [-0.2, -0.15) is 0 Å². The fourth-order valence-corrected chi connectivity index (χ4v) is 3.20. The first-order valence-corrected chi connectivity index (χ1v) is 7.19. The molecule has 0 bridgehead atoms. The maximum absolute atomic E-state index is 6.43. The molecule has 0 amide bonds. The quantitative estimate of drug-likeness (QED) is 0.899. The molecule has 1 aliphatic rings. The highest BCUT2D eigenvalue weighted by Gasteiger charge is 2.27. The zero-order chi connectivity index (χ0) is 13.2. The lowest BCUT2D eigenvalue weighted by atomic mass is 9.89. The first-order valence-electron chi connectivity index (χ1n) is 6.82. The second-order valence-electron chi connectivity index (χ2n) is 5.34. The summed E-state index contributed by atoms with van der Waals surface area (Å²) in [7, 11) is 0. The maximum atomic E-state index is 6.43. The predicted octanol–water partition coefficient (Wildman–Crippen LogP) is 3.94. The van der Waals surface area contributed by atoms with Crippen molar-refractivity contribution in [1.29, 1.82) is 0 Å². The highest BCUT2D eigenvalue weighted by atomic mass is 35.5. The van der Waals surface area contributed by atoms with Crippen molar-refractivity contribution in [3.05, 3.63) is 70.2 Å². The first kappa shape index (κ1) is 12.7. The Morgan fingerprint density at radius 3 is 2.63 bits per heavy atom. The van der Waals surface area contributed by atoms with Crippen molar-refractivity contribution in [2.75, 3.05) is 0 Å². The monoisotopic (exact) mass is 271 g/mol. The Morgan fingerprint density at radius 1 is 1.11 bits per heavy atom. The molecule has 2 atom stereocenters. The number of nitrogens with two attached hydrogens (primary N) is 1. The van der Waals surface area contributed by atoms with Gasteiger partial charge in [0.15, 0.2) is 0 Å². The molecule has 0 spiro atoms. The number of benzene rings is 2. The van der Waals surface area contributed by atoms with Gasteiger partial charge in [0.25, 0.3) is 0 Å². The summed E-state index contributed by atoms with van der Waals surface area (Å²) in [6, 6.07) is 16.9. The number of hydrogen-bond acceptors (Lipinski definition) is 1. The lowest BCUT2D eigenvalue weighted by Crippen LogP contribution is -2.29. The van der Waals surface area contributed by atoms with Gasteiger partial charge in [0.2, 0.25) is 0 Å². The smallest absolute Gasteiger partial charge is 0.0406 e. The Balaban J connectivity index is 1.75. The molecule has 2 N–H and O–H groups in total. The van der Waals surface area contributed by atoms with Crippen molar-refractivity contribution in [2.24, 2.45) is 5.73 Å². The second-order valence-corrected chi connectivity index (χ2v) is 5.77. The molecule has 0 heterocycles. The molecule has 0 fully saturated rings. The van der Waals surface area contributed by atoms with Crippen molar-refractivity contribution >= 4 is 11.6 Å². The molecule has 0 radical (unpaired) electrons. The van der Waals surface area contributed by atoms with Crippen LogP contribution in [0.1, 0.15) is 29.0 Å². The minimum Gasteiger partial charge on any atom is -0.327 e. The predicted molar refractivity (Wildman–Crippen MR) is 80.6 cm³/mol. The Bertz CT molecular complexity index is 562. The molecule has 0 saturated heterocycles. The van der Waals surface area contributed by atoms with E-state index in [-0.39, 0.29) is 6.04 Å². The molecule has 0 saturated carbocycles. The molecular formula is C17H18ClN. The highest BCUT2D eigenvalue weighted by molar-refractivity contribution is 6.30. The molecule has 19 heavy (non-hydrogen) atoms. The summed E-state index contributed by atoms with van der Waals surface area (Å²) in [5.74, 6) is 0.492. The number of halogens is 1. The molecule has 2 aromatic carbocycles. The van der Waals surface area contributed by atoms with Crippen molar-refractivity contribution in [3.63, 3.8) is 0 Å². The van der Waals surface area contributed by atoms with Crippen LogP contribution in [0, 0.1) is 0 Å². The van der Waals surface area contributed by atoms with Crippen LogP contribution < -0.4 is 5.73 Å². The van der Waals surface area contributed by atoms with Crippen LogP contribution in [0.3, 0.4) is 0 Å². The number of rotatable bonds is 3. The molecule has 3 rings (SSSR count). The van der Waals surface area contributed by atoms with E-state index in [4.69, 9.17) is 17.3 Å². The van der Waals surface area contributed by atoms with Gasteiger partial charge < -0.3 is 5.73 Å². The van der Waals surface area contributed by atoms with Gasteiger partial charge in [0.05, 0.1) is 0 Å². The first-order chi connectivity index (χ1) is 9.24. The van der Waals surface area contributed by atoms with E-state index in [1.807, 2.05) is 12.1 Å². The lowest BCUT2D eigenvalue weighted by Gasteiger charge is -2.20. The van der Waals surface area contributed by atoms with Crippen LogP contribution in [0.5, 0.6) is 0 Å². The van der Waals surface area contributed by atoms with E-state index in [1.54, 1.807) is 0 Å². The van der Waals surface area contributed by atoms with E-state index in [2.05, 4.69) is 36.4 Å². The molecule has 2 heteroatoms. The average Bonchev–Trinajstić information content (AvgIpc) is 2.85. The molecule has 2 aromatic rings. The molecule has 98 valence electrons. The van der Waals surface area contributed by atoms with Crippen LogP contribution >= 0.6 is 11.6 Å². The van der Waals surface area contributed by atoms with E-state index in [0.717, 1.165) is 17.9 Å². The molecular weight excluding hydrogens is 254 g/mol. The van der Waals surface area contributed by atoms with Crippen LogP contribution in [0.4, 0.5) is 0 Å². The Kier molecular flexibility index (Phi) is 3.58. The number of aryl methyl sites for hydroxylation is 1. The van der Waals surface area contributed by atoms with Gasteiger partial charge in [0, 0.05) is 11.1 Å². The zero-order valence-corrected chi connectivity index (χ0v) is 11.6. The van der Waals surface area contributed by atoms with Crippen molar-refractivity contribution in [3.8, 4) is 0 Å². The van der Waals surface area contributed by atoms with E-state index in [1.165, 1.54) is 23.1 Å². The van der Waals surface area contributed by atoms with Gasteiger partial charge in [-0.25, -0.2) is 0 Å². The van der Waals surface area contributed by atoms with E-state index in [0.29, 0.717) is 5.92 Å². The van der Waals surface area contributed by atoms with Gasteiger partial charge in [-0.3, -0.25) is 0 Å². The summed E-state index contributed by atoms with van der Waals surface area (Å²) >= 11 is 5.91. The van der Waals surface area contributed by atoms with E-state index < -0.39 is 0 Å². The summed E-state index contributed by atoms with van der Waals surface area (Å²) in [6.07, 6.45) is 3.25. The van der Waals surface area contributed by atoms with E-state index in [9.17, 15) is 0 Å². The van der Waals surface area contributed by atoms with Crippen LogP contribution in [0.25, 0.3) is 0 Å². The number of fused-ring (bicyclic) bond motifs is 1. The number of hydrogen-bond donors (Lipinski definition) is 1. The third kappa shape index (κ3) is 2.68. The maximum Gasteiger partial charge on any atom is 0.0406 e. The van der Waals surface area contributed by atoms with Gasteiger partial charge >= 0.3 is 0 Å². The third-order valence-electron chi connectivity index (χ3n) is 4.08. The summed E-state index contributed by atoms with van der Waals surface area (Å²) in [4.78, 5) is 0. The molecule has 1 nitrogen and oxygen atoms in total. The third-order valence-corrected chi connectivity index (χ3v) is 4.33. The Hall–Kier alpha value is -1.31. The van der Waals surface area contributed by atoms with Crippen molar-refractivity contribution in [2.45, 2.75) is 31.2 Å². The summed E-state index contributed by atoms with van der Waals surface area (Å²) < 4.78 is 0. The average molecular weight is 272 g/mol. The van der Waals surface area contributed by atoms with Gasteiger partial charge in [0.1, 0.15) is 0 Å². The Morgan fingerprint density at radius 2 is 1.84 bits per heavy atom. The summed E-state index contributed by atoms with van der Waals surface area (Å²) in [6.45, 7) is 0. The standard InChI is InChI=1S/C17H18ClN/c18-14-8-5-12(6-9-14)11-17(19)16-10-7-13-3-1-2-4-15(13)16/h1-6,8-9,16-17H,7,10-11,19H2. The van der Waals surface area contributed by atoms with Crippen LogP contribution in [0.15, 0.2) is 48.5 Å². The summed E-state index contributed by atoms with van der Waals surface area (Å²) in [5.41, 5.74) is 10.6. The van der Waals surface area contributed by atoms with Crippen molar-refractivity contribution < 1.29 is 0 Å². The van der Waals surface area contributed by atoms with Crippen LogP contribution in [-0.4, -0.2) is 6.04 Å². The van der Waals surface area contributed by atoms with Gasteiger partial charge in [-0.15, -0.1) is 0 Å². The topological polar surface area (TPSA) is 26.0 Å². The second kappa shape index (κ2) is 5.36. The normalized spacial score (nSPS) is 19.2. The van der Waals surface area contributed by atoms with Crippen LogP contribution in [-0.2, 0) is 12.8 Å². The van der Waals surface area contributed by atoms with Gasteiger partial charge in [-0.05, 0) is 54.0 Å². The fraction of sp³-hybridized carbons (Fsp3) is 0.294. The zero-order valence-electron chi connectivity index (χ0n) is 10.9. The van der Waals surface area contributed by atoms with Crippen LogP contribution in [0.2, 0.25) is 5.02 Å². The molecule has 0 aliphatic heterocycles.